The molecule has 4 aromatic rings. The number of carbonyl (C=O) groups is 1. The summed E-state index contributed by atoms with van der Waals surface area (Å²) >= 11 is 7.55. The number of anilines is 1. The number of pyridine rings is 1. The fourth-order valence-electron chi connectivity index (χ4n) is 3.87. The molecule has 0 radical (unpaired) electrons. The third-order valence-electron chi connectivity index (χ3n) is 5.83. The first-order valence-corrected chi connectivity index (χ1v) is 13.3. The number of hydrogen-bond donors (Lipinski definition) is 2. The standard InChI is InChI=1S/C30H29ClN2O2S/c1-2-3-10-29(30(34)35)36-28-11-5-4-8-23(28)20-32-26-9-6-7-21(18-26)12-16-25-17-14-22-13-15-24(31)19-27(22)33-25/h4-9,11-19,29,32H,2-3,10,20H2,1H3,(H,34,35). The number of nitrogens with zero attached hydrogens (tertiary/aromatic N) is 1. The van der Waals surface area contributed by atoms with Gasteiger partial charge in [-0.15, -0.1) is 11.8 Å². The summed E-state index contributed by atoms with van der Waals surface area (Å²) in [6.07, 6.45) is 6.61. The largest absolute Gasteiger partial charge is 0.480 e. The SMILES string of the molecule is CCCCC(Sc1ccccc1CNc1cccc(C=Cc2ccc3ccc(Cl)cc3n2)c1)C(=O)O. The van der Waals surface area contributed by atoms with Crippen LogP contribution >= 0.6 is 23.4 Å². The number of unbranched alkanes of at least 4 members (excludes halogenated alkanes) is 1. The minimum absolute atomic E-state index is 0.431. The van der Waals surface area contributed by atoms with Crippen molar-refractivity contribution in [3.05, 3.63) is 101 Å². The van der Waals surface area contributed by atoms with E-state index in [1.165, 1.54) is 11.8 Å². The number of carboxylic acids is 1. The van der Waals surface area contributed by atoms with Crippen molar-refractivity contribution in [1.29, 1.82) is 0 Å². The van der Waals surface area contributed by atoms with Crippen LogP contribution in [0.15, 0.2) is 83.8 Å². The van der Waals surface area contributed by atoms with E-state index in [0.717, 1.165) is 51.1 Å². The molecule has 0 amide bonds. The lowest BCUT2D eigenvalue weighted by Crippen LogP contribution is -2.16. The summed E-state index contributed by atoms with van der Waals surface area (Å²) in [5.41, 5.74) is 4.88. The average Bonchev–Trinajstić information content (AvgIpc) is 2.89. The molecule has 4 nitrogen and oxygen atoms in total. The van der Waals surface area contributed by atoms with Gasteiger partial charge in [0.15, 0.2) is 0 Å². The molecule has 3 aromatic carbocycles. The number of aromatic nitrogens is 1. The maximum absolute atomic E-state index is 11.7. The summed E-state index contributed by atoms with van der Waals surface area (Å²) in [5, 5.41) is 14.4. The van der Waals surface area contributed by atoms with Crippen molar-refractivity contribution < 1.29 is 9.90 Å². The average molecular weight is 517 g/mol. The molecule has 0 saturated heterocycles. The summed E-state index contributed by atoms with van der Waals surface area (Å²) in [5.74, 6) is -0.750. The second-order valence-corrected chi connectivity index (χ2v) is 10.3. The predicted molar refractivity (Wildman–Crippen MR) is 153 cm³/mol. The number of benzene rings is 3. The Balaban J connectivity index is 1.43. The molecule has 0 aliphatic rings. The molecule has 1 heterocycles. The van der Waals surface area contributed by atoms with E-state index in [9.17, 15) is 9.90 Å². The maximum Gasteiger partial charge on any atom is 0.316 e. The van der Waals surface area contributed by atoms with Crippen LogP contribution in [0, 0.1) is 0 Å². The normalized spacial score (nSPS) is 12.2. The lowest BCUT2D eigenvalue weighted by Gasteiger charge is -2.15. The van der Waals surface area contributed by atoms with Crippen LogP contribution in [-0.2, 0) is 11.3 Å². The third kappa shape index (κ3) is 7.12. The monoisotopic (exact) mass is 516 g/mol. The molecule has 0 aliphatic carbocycles. The van der Waals surface area contributed by atoms with Gasteiger partial charge in [0, 0.05) is 27.5 Å². The summed E-state index contributed by atoms with van der Waals surface area (Å²) < 4.78 is 0. The molecule has 184 valence electrons. The Kier molecular flexibility index (Phi) is 9.04. The van der Waals surface area contributed by atoms with Crippen LogP contribution in [0.5, 0.6) is 0 Å². The van der Waals surface area contributed by atoms with Gasteiger partial charge < -0.3 is 10.4 Å². The van der Waals surface area contributed by atoms with Crippen molar-refractivity contribution >= 4 is 58.1 Å². The first-order chi connectivity index (χ1) is 17.5. The summed E-state index contributed by atoms with van der Waals surface area (Å²) in [7, 11) is 0. The van der Waals surface area contributed by atoms with Gasteiger partial charge in [0.1, 0.15) is 5.25 Å². The van der Waals surface area contributed by atoms with Crippen molar-refractivity contribution in [2.75, 3.05) is 5.32 Å². The van der Waals surface area contributed by atoms with Gasteiger partial charge in [-0.2, -0.15) is 0 Å². The summed E-state index contributed by atoms with van der Waals surface area (Å²) in [4.78, 5) is 17.4. The van der Waals surface area contributed by atoms with E-state index in [1.807, 2.05) is 72.8 Å². The molecule has 0 fully saturated rings. The lowest BCUT2D eigenvalue weighted by atomic mass is 10.1. The highest BCUT2D eigenvalue weighted by molar-refractivity contribution is 8.00. The van der Waals surface area contributed by atoms with Crippen molar-refractivity contribution in [1.82, 2.24) is 4.98 Å². The van der Waals surface area contributed by atoms with Crippen LogP contribution in [0.4, 0.5) is 5.69 Å². The number of nitrogens with one attached hydrogen (secondary N) is 1. The molecular formula is C30H29ClN2O2S. The topological polar surface area (TPSA) is 62.2 Å². The second kappa shape index (κ2) is 12.6. The van der Waals surface area contributed by atoms with Crippen molar-refractivity contribution in [2.45, 2.75) is 42.9 Å². The quantitative estimate of drug-likeness (QED) is 0.196. The van der Waals surface area contributed by atoms with Gasteiger partial charge >= 0.3 is 5.97 Å². The zero-order valence-electron chi connectivity index (χ0n) is 20.2. The van der Waals surface area contributed by atoms with E-state index in [4.69, 9.17) is 11.6 Å². The molecule has 0 saturated carbocycles. The van der Waals surface area contributed by atoms with Gasteiger partial charge in [0.25, 0.3) is 0 Å². The van der Waals surface area contributed by atoms with E-state index < -0.39 is 11.2 Å². The van der Waals surface area contributed by atoms with E-state index in [0.29, 0.717) is 18.0 Å². The maximum atomic E-state index is 11.7. The van der Waals surface area contributed by atoms with Gasteiger partial charge in [-0.05, 0) is 60.0 Å². The summed E-state index contributed by atoms with van der Waals surface area (Å²) in [6, 6.07) is 25.9. The smallest absolute Gasteiger partial charge is 0.316 e. The molecule has 2 N–H and O–H groups in total. The number of fused-ring (bicyclic) bond motifs is 1. The van der Waals surface area contributed by atoms with Crippen LogP contribution in [0.3, 0.4) is 0 Å². The number of halogens is 1. The molecule has 1 aromatic heterocycles. The fraction of sp³-hybridized carbons (Fsp3) is 0.200. The minimum atomic E-state index is -0.750. The first-order valence-electron chi connectivity index (χ1n) is 12.1. The number of hydrogen-bond acceptors (Lipinski definition) is 4. The van der Waals surface area contributed by atoms with Crippen molar-refractivity contribution in [3.63, 3.8) is 0 Å². The van der Waals surface area contributed by atoms with Crippen LogP contribution in [0.25, 0.3) is 23.1 Å². The van der Waals surface area contributed by atoms with Gasteiger partial charge in [-0.3, -0.25) is 4.79 Å². The Labute approximate surface area is 221 Å². The Morgan fingerprint density at radius 2 is 1.89 bits per heavy atom. The highest BCUT2D eigenvalue weighted by Gasteiger charge is 2.19. The minimum Gasteiger partial charge on any atom is -0.480 e. The lowest BCUT2D eigenvalue weighted by molar-refractivity contribution is -0.136. The molecule has 6 heteroatoms. The number of carboxylic acid groups (broad SMARTS) is 1. The van der Waals surface area contributed by atoms with Crippen LogP contribution in [0.1, 0.15) is 43.0 Å². The molecule has 36 heavy (non-hydrogen) atoms. The van der Waals surface area contributed by atoms with Crippen molar-refractivity contribution in [2.24, 2.45) is 0 Å². The number of rotatable bonds is 11. The van der Waals surface area contributed by atoms with E-state index in [-0.39, 0.29) is 0 Å². The molecular weight excluding hydrogens is 488 g/mol. The van der Waals surface area contributed by atoms with Crippen LogP contribution in [-0.4, -0.2) is 21.3 Å². The van der Waals surface area contributed by atoms with E-state index in [1.54, 1.807) is 0 Å². The van der Waals surface area contributed by atoms with Crippen LogP contribution < -0.4 is 5.32 Å². The zero-order valence-corrected chi connectivity index (χ0v) is 21.7. The van der Waals surface area contributed by atoms with Gasteiger partial charge in [-0.1, -0.05) is 79.9 Å². The van der Waals surface area contributed by atoms with Gasteiger partial charge in [0.2, 0.25) is 0 Å². The fourth-order valence-corrected chi connectivity index (χ4v) is 5.18. The first kappa shape index (κ1) is 25.8. The third-order valence-corrected chi connectivity index (χ3v) is 7.44. The number of aliphatic carboxylic acids is 1. The molecule has 1 unspecified atom stereocenters. The van der Waals surface area contributed by atoms with Gasteiger partial charge in [-0.25, -0.2) is 4.98 Å². The molecule has 0 aliphatic heterocycles. The predicted octanol–water partition coefficient (Wildman–Crippen LogP) is 8.41. The molecule has 1 atom stereocenters. The van der Waals surface area contributed by atoms with Crippen molar-refractivity contribution in [3.8, 4) is 0 Å². The molecule has 4 rings (SSSR count). The zero-order chi connectivity index (χ0) is 25.3. The molecule has 0 bridgehead atoms. The Bertz CT molecular complexity index is 1370. The highest BCUT2D eigenvalue weighted by Crippen LogP contribution is 2.30. The number of thioether (sulfide) groups is 1. The molecule has 0 spiro atoms. The Hall–Kier alpha value is -3.28. The van der Waals surface area contributed by atoms with Gasteiger partial charge in [0.05, 0.1) is 11.2 Å². The second-order valence-electron chi connectivity index (χ2n) is 8.58. The van der Waals surface area contributed by atoms with E-state index >= 15 is 0 Å². The Morgan fingerprint density at radius 1 is 1.06 bits per heavy atom. The highest BCUT2D eigenvalue weighted by atomic mass is 35.5. The van der Waals surface area contributed by atoms with E-state index in [2.05, 4.69) is 35.4 Å². The van der Waals surface area contributed by atoms with Crippen LogP contribution in [0.2, 0.25) is 5.02 Å². The Morgan fingerprint density at radius 3 is 2.72 bits per heavy atom. The summed E-state index contributed by atoms with van der Waals surface area (Å²) in [6.45, 7) is 2.70.